The molecular formula is C26H30N4O3. The molecule has 0 bridgehead atoms. The summed E-state index contributed by atoms with van der Waals surface area (Å²) in [5.74, 6) is -1.19. The van der Waals surface area contributed by atoms with Gasteiger partial charge in [-0.1, -0.05) is 43.2 Å². The third-order valence-electron chi connectivity index (χ3n) is 6.60. The first kappa shape index (κ1) is 22.6. The van der Waals surface area contributed by atoms with Crippen LogP contribution >= 0.6 is 0 Å². The number of rotatable bonds is 7. The Bertz CT molecular complexity index is 1150. The third kappa shape index (κ3) is 4.92. The van der Waals surface area contributed by atoms with Crippen molar-refractivity contribution in [2.75, 3.05) is 7.11 Å². The van der Waals surface area contributed by atoms with Crippen LogP contribution in [0.2, 0.25) is 0 Å². The van der Waals surface area contributed by atoms with Crippen LogP contribution in [0.25, 0.3) is 10.9 Å². The van der Waals surface area contributed by atoms with Crippen LogP contribution in [0.15, 0.2) is 54.7 Å². The van der Waals surface area contributed by atoms with Crippen molar-refractivity contribution in [3.8, 4) is 0 Å². The van der Waals surface area contributed by atoms with Crippen LogP contribution in [0.5, 0.6) is 0 Å². The number of aromatic amines is 1. The topological polar surface area (TPSA) is 121 Å². The number of amidine groups is 1. The number of methoxy groups -OCH3 is 1. The van der Waals surface area contributed by atoms with Crippen molar-refractivity contribution >= 4 is 28.6 Å². The summed E-state index contributed by atoms with van der Waals surface area (Å²) in [6.07, 6.45) is 5.77. The summed E-state index contributed by atoms with van der Waals surface area (Å²) in [5, 5.41) is 11.8. The standard InChI is InChI=1S/C26H30N4O3/c1-33-26(32)18-9-5-6-10-23(18)30-25(31)20(13-16-7-3-2-4-8-16)21-15-29-22-12-11-17(24(27)28)14-19(21)22/h2-4,7-8,11-12,14-15,18,20,23,29H,5-6,9-10,13H2,1H3,(H3,27,28)(H,30,31)/t18-,20?,23?/m1/s1. The quantitative estimate of drug-likeness (QED) is 0.252. The number of hydrogen-bond acceptors (Lipinski definition) is 4. The number of nitrogen functional groups attached to an aromatic ring is 1. The number of carbonyl (C=O) groups is 2. The van der Waals surface area contributed by atoms with Gasteiger partial charge in [0.05, 0.1) is 18.9 Å². The van der Waals surface area contributed by atoms with Crippen molar-refractivity contribution in [3.05, 3.63) is 71.4 Å². The van der Waals surface area contributed by atoms with Crippen molar-refractivity contribution in [1.82, 2.24) is 10.3 Å². The van der Waals surface area contributed by atoms with Crippen molar-refractivity contribution in [2.24, 2.45) is 11.7 Å². The highest BCUT2D eigenvalue weighted by molar-refractivity contribution is 6.00. The minimum Gasteiger partial charge on any atom is -0.469 e. The highest BCUT2D eigenvalue weighted by Gasteiger charge is 2.35. The van der Waals surface area contributed by atoms with Gasteiger partial charge in [-0.15, -0.1) is 0 Å². The summed E-state index contributed by atoms with van der Waals surface area (Å²) in [5.41, 5.74) is 9.10. The molecule has 5 N–H and O–H groups in total. The number of esters is 1. The predicted octanol–water partition coefficient (Wildman–Crippen LogP) is 3.63. The Morgan fingerprint density at radius 2 is 1.94 bits per heavy atom. The van der Waals surface area contributed by atoms with Gasteiger partial charge in [-0.25, -0.2) is 0 Å². The van der Waals surface area contributed by atoms with E-state index < -0.39 is 5.92 Å². The van der Waals surface area contributed by atoms with Crippen molar-refractivity contribution in [1.29, 1.82) is 5.41 Å². The average Bonchev–Trinajstić information content (AvgIpc) is 3.26. The Kier molecular flexibility index (Phi) is 6.77. The number of H-pyrrole nitrogens is 1. The predicted molar refractivity (Wildman–Crippen MR) is 128 cm³/mol. The second-order valence-electron chi connectivity index (χ2n) is 8.69. The number of aromatic nitrogens is 1. The minimum atomic E-state index is -0.469. The van der Waals surface area contributed by atoms with Gasteiger partial charge in [-0.2, -0.15) is 0 Å². The van der Waals surface area contributed by atoms with E-state index in [-0.39, 0.29) is 29.7 Å². The first-order valence-electron chi connectivity index (χ1n) is 11.4. The lowest BCUT2D eigenvalue weighted by molar-refractivity contribution is -0.147. The molecule has 7 heteroatoms. The van der Waals surface area contributed by atoms with Crippen molar-refractivity contribution in [3.63, 3.8) is 0 Å². The molecule has 1 aliphatic carbocycles. The molecule has 1 aromatic heterocycles. The maximum absolute atomic E-state index is 13.7. The lowest BCUT2D eigenvalue weighted by atomic mass is 9.83. The molecule has 2 aromatic carbocycles. The maximum atomic E-state index is 13.7. The van der Waals surface area contributed by atoms with Crippen LogP contribution in [0, 0.1) is 11.3 Å². The third-order valence-corrected chi connectivity index (χ3v) is 6.60. The summed E-state index contributed by atoms with van der Waals surface area (Å²) < 4.78 is 5.00. The smallest absolute Gasteiger partial charge is 0.310 e. The first-order chi connectivity index (χ1) is 16.0. The molecule has 1 heterocycles. The van der Waals surface area contributed by atoms with Crippen LogP contribution in [-0.4, -0.2) is 35.8 Å². The van der Waals surface area contributed by atoms with Crippen LogP contribution in [-0.2, 0) is 20.7 Å². The molecule has 0 spiro atoms. The number of ether oxygens (including phenoxy) is 1. The number of fused-ring (bicyclic) bond motifs is 1. The number of nitrogens with one attached hydrogen (secondary N) is 3. The summed E-state index contributed by atoms with van der Waals surface area (Å²) in [6.45, 7) is 0. The fourth-order valence-corrected chi connectivity index (χ4v) is 4.81. The number of benzene rings is 2. The average molecular weight is 447 g/mol. The molecule has 1 fully saturated rings. The largest absolute Gasteiger partial charge is 0.469 e. The van der Waals surface area contributed by atoms with E-state index in [1.54, 1.807) is 6.07 Å². The van der Waals surface area contributed by atoms with E-state index in [1.165, 1.54) is 7.11 Å². The summed E-state index contributed by atoms with van der Waals surface area (Å²) in [7, 11) is 1.40. The molecule has 1 amide bonds. The van der Waals surface area contributed by atoms with E-state index in [0.717, 1.165) is 47.7 Å². The van der Waals surface area contributed by atoms with Gasteiger partial charge in [0.2, 0.25) is 5.91 Å². The molecule has 1 saturated carbocycles. The van der Waals surface area contributed by atoms with E-state index in [2.05, 4.69) is 10.3 Å². The maximum Gasteiger partial charge on any atom is 0.310 e. The van der Waals surface area contributed by atoms with Gasteiger partial charge >= 0.3 is 5.97 Å². The zero-order chi connectivity index (χ0) is 23.4. The van der Waals surface area contributed by atoms with E-state index in [4.69, 9.17) is 15.9 Å². The Balaban J connectivity index is 1.69. The zero-order valence-electron chi connectivity index (χ0n) is 18.8. The first-order valence-corrected chi connectivity index (χ1v) is 11.4. The molecule has 0 radical (unpaired) electrons. The Morgan fingerprint density at radius 3 is 2.67 bits per heavy atom. The van der Waals surface area contributed by atoms with Gasteiger partial charge in [-0.3, -0.25) is 15.0 Å². The second kappa shape index (κ2) is 9.90. The molecular weight excluding hydrogens is 416 g/mol. The van der Waals surface area contributed by atoms with Crippen molar-refractivity contribution < 1.29 is 14.3 Å². The lowest BCUT2D eigenvalue weighted by Crippen LogP contribution is -2.47. The molecule has 4 rings (SSSR count). The van der Waals surface area contributed by atoms with E-state index >= 15 is 0 Å². The Hall–Kier alpha value is -3.61. The highest BCUT2D eigenvalue weighted by atomic mass is 16.5. The van der Waals surface area contributed by atoms with Gasteiger partial charge < -0.3 is 20.8 Å². The highest BCUT2D eigenvalue weighted by Crippen LogP contribution is 2.31. The molecule has 3 aromatic rings. The Morgan fingerprint density at radius 1 is 1.18 bits per heavy atom. The second-order valence-corrected chi connectivity index (χ2v) is 8.69. The molecule has 3 atom stereocenters. The monoisotopic (exact) mass is 446 g/mol. The molecule has 0 saturated heterocycles. The van der Waals surface area contributed by atoms with E-state index in [1.807, 2.05) is 48.7 Å². The SMILES string of the molecule is COC(=O)[C@@H]1CCCCC1NC(=O)C(Cc1ccccc1)c1c[nH]c2ccc(C(=N)N)cc12. The van der Waals surface area contributed by atoms with Crippen LogP contribution in [0.1, 0.15) is 48.3 Å². The van der Waals surface area contributed by atoms with Gasteiger partial charge in [0.1, 0.15) is 5.84 Å². The van der Waals surface area contributed by atoms with Crippen LogP contribution < -0.4 is 11.1 Å². The van der Waals surface area contributed by atoms with Crippen LogP contribution in [0.4, 0.5) is 0 Å². The fourth-order valence-electron chi connectivity index (χ4n) is 4.81. The van der Waals surface area contributed by atoms with Gasteiger partial charge in [0.25, 0.3) is 0 Å². The summed E-state index contributed by atoms with van der Waals surface area (Å²) in [4.78, 5) is 29.3. The number of hydrogen-bond donors (Lipinski definition) is 4. The fraction of sp³-hybridized carbons (Fsp3) is 0.346. The van der Waals surface area contributed by atoms with Gasteiger partial charge in [0.15, 0.2) is 0 Å². The van der Waals surface area contributed by atoms with E-state index in [9.17, 15) is 9.59 Å². The van der Waals surface area contributed by atoms with Gasteiger partial charge in [0, 0.05) is 28.7 Å². The Labute approximate surface area is 193 Å². The summed E-state index contributed by atoms with van der Waals surface area (Å²) >= 11 is 0. The number of nitrogens with two attached hydrogens (primary N) is 1. The van der Waals surface area contributed by atoms with E-state index in [0.29, 0.717) is 12.0 Å². The molecule has 172 valence electrons. The molecule has 1 aliphatic rings. The lowest BCUT2D eigenvalue weighted by Gasteiger charge is -2.31. The number of amides is 1. The molecule has 7 nitrogen and oxygen atoms in total. The van der Waals surface area contributed by atoms with Crippen LogP contribution in [0.3, 0.4) is 0 Å². The molecule has 2 unspecified atom stereocenters. The van der Waals surface area contributed by atoms with Crippen molar-refractivity contribution in [2.45, 2.75) is 44.1 Å². The normalized spacial score (nSPS) is 19.1. The summed E-state index contributed by atoms with van der Waals surface area (Å²) in [6, 6.07) is 15.2. The zero-order valence-corrected chi connectivity index (χ0v) is 18.8. The van der Waals surface area contributed by atoms with Gasteiger partial charge in [-0.05, 0) is 48.6 Å². The number of carbonyl (C=O) groups excluding carboxylic acids is 2. The molecule has 0 aliphatic heterocycles. The minimum absolute atomic E-state index is 0.0174. The molecule has 33 heavy (non-hydrogen) atoms.